The lowest BCUT2D eigenvalue weighted by molar-refractivity contribution is 0.628. The molecular weight excluding hydrogens is 299 g/mol. The highest BCUT2D eigenvalue weighted by molar-refractivity contribution is 6.30. The number of halogens is 2. The molecule has 4 heteroatoms. The first kappa shape index (κ1) is 14.4. The second-order valence-corrected chi connectivity index (χ2v) is 5.05. The fourth-order valence-electron chi connectivity index (χ4n) is 2.10. The van der Waals surface area contributed by atoms with Crippen molar-refractivity contribution in [2.24, 2.45) is 4.99 Å². The van der Waals surface area contributed by atoms with Crippen LogP contribution in [0.4, 0.5) is 10.1 Å². The van der Waals surface area contributed by atoms with E-state index in [1.807, 2.05) is 60.7 Å². The van der Waals surface area contributed by atoms with Crippen LogP contribution in [0.15, 0.2) is 78.0 Å². The average molecular weight is 311 g/mol. The number of pyridine rings is 1. The topological polar surface area (TPSA) is 25.2 Å². The maximum atomic E-state index is 14.1. The average Bonchev–Trinajstić information content (AvgIpc) is 2.58. The van der Waals surface area contributed by atoms with Gasteiger partial charge in [-0.25, -0.2) is 9.38 Å². The summed E-state index contributed by atoms with van der Waals surface area (Å²) in [6.45, 7) is 0. The van der Waals surface area contributed by atoms with Crippen molar-refractivity contribution in [2.45, 2.75) is 0 Å². The Hall–Kier alpha value is -2.52. The molecule has 0 atom stereocenters. The monoisotopic (exact) mass is 310 g/mol. The van der Waals surface area contributed by atoms with Crippen molar-refractivity contribution in [3.8, 4) is 0 Å². The molecule has 0 spiro atoms. The molecule has 0 saturated heterocycles. The number of benzene rings is 2. The van der Waals surface area contributed by atoms with Gasteiger partial charge in [-0.2, -0.15) is 0 Å². The summed E-state index contributed by atoms with van der Waals surface area (Å²) in [6.07, 6.45) is 2.63. The molecule has 1 heterocycles. The van der Waals surface area contributed by atoms with Gasteiger partial charge in [-0.05, 0) is 0 Å². The van der Waals surface area contributed by atoms with Gasteiger partial charge in [0, 0.05) is 17.3 Å². The van der Waals surface area contributed by atoms with Gasteiger partial charge in [0.1, 0.15) is 5.69 Å². The van der Waals surface area contributed by atoms with Gasteiger partial charge < -0.3 is 0 Å². The van der Waals surface area contributed by atoms with Gasteiger partial charge in [0.05, 0.1) is 16.9 Å². The van der Waals surface area contributed by atoms with Crippen LogP contribution in [-0.4, -0.2) is 10.7 Å². The van der Waals surface area contributed by atoms with E-state index < -0.39 is 5.82 Å². The van der Waals surface area contributed by atoms with Crippen LogP contribution >= 0.6 is 11.6 Å². The quantitative estimate of drug-likeness (QED) is 0.622. The molecule has 0 radical (unpaired) electrons. The van der Waals surface area contributed by atoms with Crippen LogP contribution in [0.3, 0.4) is 0 Å². The van der Waals surface area contributed by atoms with E-state index in [0.717, 1.165) is 11.1 Å². The Kier molecular flexibility index (Phi) is 4.26. The smallest absolute Gasteiger partial charge is 0.170 e. The Morgan fingerprint density at radius 1 is 0.864 bits per heavy atom. The lowest BCUT2D eigenvalue weighted by Crippen LogP contribution is -2.03. The molecule has 2 nitrogen and oxygen atoms in total. The van der Waals surface area contributed by atoms with Crippen LogP contribution in [0.1, 0.15) is 11.1 Å². The van der Waals surface area contributed by atoms with Gasteiger partial charge in [0.25, 0.3) is 0 Å². The molecule has 0 aliphatic carbocycles. The minimum Gasteiger partial charge on any atom is -0.261 e. The predicted octanol–water partition coefficient (Wildman–Crippen LogP) is 5.04. The molecule has 0 unspecified atom stereocenters. The lowest BCUT2D eigenvalue weighted by Gasteiger charge is -2.08. The van der Waals surface area contributed by atoms with Crippen molar-refractivity contribution < 1.29 is 4.39 Å². The SMILES string of the molecule is Fc1c(Cl)cncc1N=C(c1ccccc1)c1ccccc1. The summed E-state index contributed by atoms with van der Waals surface area (Å²) >= 11 is 5.78. The van der Waals surface area contributed by atoms with E-state index >= 15 is 0 Å². The Morgan fingerprint density at radius 2 is 1.41 bits per heavy atom. The second kappa shape index (κ2) is 6.50. The van der Waals surface area contributed by atoms with E-state index in [-0.39, 0.29) is 10.7 Å². The molecule has 0 aliphatic rings. The highest BCUT2D eigenvalue weighted by atomic mass is 35.5. The fourth-order valence-corrected chi connectivity index (χ4v) is 2.25. The van der Waals surface area contributed by atoms with Gasteiger partial charge in [-0.3, -0.25) is 4.98 Å². The molecular formula is C18H12ClFN2. The van der Waals surface area contributed by atoms with E-state index in [1.165, 1.54) is 12.4 Å². The van der Waals surface area contributed by atoms with E-state index in [9.17, 15) is 4.39 Å². The highest BCUT2D eigenvalue weighted by Crippen LogP contribution is 2.25. The Morgan fingerprint density at radius 3 is 1.95 bits per heavy atom. The standard InChI is InChI=1S/C18H12ClFN2/c19-15-11-21-12-16(17(15)20)22-18(13-7-3-1-4-8-13)14-9-5-2-6-10-14/h1-12H. The molecule has 108 valence electrons. The van der Waals surface area contributed by atoms with Gasteiger partial charge in [-0.1, -0.05) is 72.3 Å². The van der Waals surface area contributed by atoms with Crippen molar-refractivity contribution in [1.82, 2.24) is 4.98 Å². The van der Waals surface area contributed by atoms with Gasteiger partial charge in [-0.15, -0.1) is 0 Å². The number of hydrogen-bond acceptors (Lipinski definition) is 2. The third-order valence-corrected chi connectivity index (χ3v) is 3.41. The van der Waals surface area contributed by atoms with Crippen LogP contribution in [0.5, 0.6) is 0 Å². The van der Waals surface area contributed by atoms with Crippen molar-refractivity contribution in [3.05, 3.63) is 95.0 Å². The van der Waals surface area contributed by atoms with E-state index in [0.29, 0.717) is 5.71 Å². The molecule has 0 bridgehead atoms. The number of aliphatic imine (C=N–C) groups is 1. The predicted molar refractivity (Wildman–Crippen MR) is 87.4 cm³/mol. The zero-order valence-electron chi connectivity index (χ0n) is 11.6. The molecule has 0 amide bonds. The Balaban J connectivity index is 2.18. The highest BCUT2D eigenvalue weighted by Gasteiger charge is 2.11. The molecule has 22 heavy (non-hydrogen) atoms. The molecule has 0 fully saturated rings. The minimum atomic E-state index is -0.568. The van der Waals surface area contributed by atoms with Gasteiger partial charge in [0.2, 0.25) is 0 Å². The van der Waals surface area contributed by atoms with Gasteiger partial charge >= 0.3 is 0 Å². The number of nitrogens with zero attached hydrogens (tertiary/aromatic N) is 2. The molecule has 0 aliphatic heterocycles. The summed E-state index contributed by atoms with van der Waals surface area (Å²) in [5.41, 5.74) is 2.58. The summed E-state index contributed by atoms with van der Waals surface area (Å²) < 4.78 is 14.1. The lowest BCUT2D eigenvalue weighted by atomic mass is 10.0. The molecule has 3 rings (SSSR count). The van der Waals surface area contributed by atoms with Crippen molar-refractivity contribution in [2.75, 3.05) is 0 Å². The summed E-state index contributed by atoms with van der Waals surface area (Å²) in [6, 6.07) is 19.2. The van der Waals surface area contributed by atoms with Crippen molar-refractivity contribution in [1.29, 1.82) is 0 Å². The van der Waals surface area contributed by atoms with Crippen LogP contribution < -0.4 is 0 Å². The van der Waals surface area contributed by atoms with E-state index in [1.54, 1.807) is 0 Å². The number of hydrogen-bond donors (Lipinski definition) is 0. The summed E-state index contributed by atoms with van der Waals surface area (Å²) in [7, 11) is 0. The zero-order chi connectivity index (χ0) is 15.4. The third kappa shape index (κ3) is 3.05. The normalized spacial score (nSPS) is 10.3. The second-order valence-electron chi connectivity index (χ2n) is 4.65. The number of rotatable bonds is 3. The van der Waals surface area contributed by atoms with Crippen molar-refractivity contribution >= 4 is 23.0 Å². The summed E-state index contributed by atoms with van der Waals surface area (Å²) in [5, 5.41) is -0.0401. The molecule has 0 saturated carbocycles. The molecule has 0 N–H and O–H groups in total. The summed E-state index contributed by atoms with van der Waals surface area (Å²) in [5.74, 6) is -0.568. The van der Waals surface area contributed by atoms with Crippen LogP contribution in [-0.2, 0) is 0 Å². The first-order valence-electron chi connectivity index (χ1n) is 6.74. The minimum absolute atomic E-state index is 0.0401. The van der Waals surface area contributed by atoms with Crippen LogP contribution in [0.25, 0.3) is 0 Å². The Bertz CT molecular complexity index is 760. The van der Waals surface area contributed by atoms with Crippen LogP contribution in [0.2, 0.25) is 5.02 Å². The van der Waals surface area contributed by atoms with Crippen molar-refractivity contribution in [3.63, 3.8) is 0 Å². The maximum Gasteiger partial charge on any atom is 0.170 e. The first-order chi connectivity index (χ1) is 10.8. The van der Waals surface area contributed by atoms with E-state index in [4.69, 9.17) is 11.6 Å². The fraction of sp³-hybridized carbons (Fsp3) is 0. The first-order valence-corrected chi connectivity index (χ1v) is 7.12. The number of aromatic nitrogens is 1. The Labute approximate surface area is 132 Å². The van der Waals surface area contributed by atoms with E-state index in [2.05, 4.69) is 9.98 Å². The maximum absolute atomic E-state index is 14.1. The van der Waals surface area contributed by atoms with Crippen LogP contribution in [0, 0.1) is 5.82 Å². The third-order valence-electron chi connectivity index (χ3n) is 3.15. The molecule has 2 aromatic carbocycles. The summed E-state index contributed by atoms with van der Waals surface area (Å²) in [4.78, 5) is 8.36. The van der Waals surface area contributed by atoms with Gasteiger partial charge in [0.15, 0.2) is 5.82 Å². The molecule has 3 aromatic rings. The zero-order valence-corrected chi connectivity index (χ0v) is 12.3. The largest absolute Gasteiger partial charge is 0.261 e. The molecule has 1 aromatic heterocycles.